The SMILES string of the molecule is COc1ccc(/C=C/C(=O)OCC(=O)Nc2cc(Cl)ccc2C)cc1. The normalized spacial score (nSPS) is 10.5. The lowest BCUT2D eigenvalue weighted by Crippen LogP contribution is -2.20. The van der Waals surface area contributed by atoms with E-state index in [0.29, 0.717) is 10.7 Å². The molecular formula is C19H18ClNO4. The van der Waals surface area contributed by atoms with Crippen LogP contribution in [0.3, 0.4) is 0 Å². The first-order valence-corrected chi connectivity index (χ1v) is 7.90. The van der Waals surface area contributed by atoms with Crippen LogP contribution in [-0.4, -0.2) is 25.6 Å². The largest absolute Gasteiger partial charge is 0.497 e. The predicted octanol–water partition coefficient (Wildman–Crippen LogP) is 3.85. The van der Waals surface area contributed by atoms with Gasteiger partial charge in [0.25, 0.3) is 5.91 Å². The van der Waals surface area contributed by atoms with Crippen molar-refractivity contribution in [3.05, 3.63) is 64.7 Å². The van der Waals surface area contributed by atoms with Gasteiger partial charge in [-0.15, -0.1) is 0 Å². The van der Waals surface area contributed by atoms with Gasteiger partial charge in [-0.1, -0.05) is 29.8 Å². The predicted molar refractivity (Wildman–Crippen MR) is 97.8 cm³/mol. The van der Waals surface area contributed by atoms with Crippen LogP contribution in [0.2, 0.25) is 5.02 Å². The molecule has 1 amide bonds. The van der Waals surface area contributed by atoms with E-state index < -0.39 is 11.9 Å². The molecule has 0 bridgehead atoms. The Morgan fingerprint density at radius 1 is 1.16 bits per heavy atom. The molecule has 0 aliphatic carbocycles. The van der Waals surface area contributed by atoms with Crippen LogP contribution in [0.5, 0.6) is 5.75 Å². The molecule has 0 radical (unpaired) electrons. The highest BCUT2D eigenvalue weighted by Gasteiger charge is 2.08. The molecule has 2 rings (SSSR count). The lowest BCUT2D eigenvalue weighted by atomic mass is 10.2. The lowest BCUT2D eigenvalue weighted by molar-refractivity contribution is -0.142. The summed E-state index contributed by atoms with van der Waals surface area (Å²) >= 11 is 5.89. The van der Waals surface area contributed by atoms with Gasteiger partial charge in [0.1, 0.15) is 5.75 Å². The van der Waals surface area contributed by atoms with Crippen LogP contribution in [0.1, 0.15) is 11.1 Å². The molecule has 0 aliphatic heterocycles. The van der Waals surface area contributed by atoms with E-state index in [0.717, 1.165) is 16.9 Å². The number of hydrogen-bond acceptors (Lipinski definition) is 4. The monoisotopic (exact) mass is 359 g/mol. The van der Waals surface area contributed by atoms with Crippen LogP contribution in [0.15, 0.2) is 48.5 Å². The Hall–Kier alpha value is -2.79. The van der Waals surface area contributed by atoms with E-state index in [9.17, 15) is 9.59 Å². The summed E-state index contributed by atoms with van der Waals surface area (Å²) in [6.45, 7) is 1.47. The van der Waals surface area contributed by atoms with Crippen LogP contribution < -0.4 is 10.1 Å². The summed E-state index contributed by atoms with van der Waals surface area (Å²) in [5.41, 5.74) is 2.27. The summed E-state index contributed by atoms with van der Waals surface area (Å²) < 4.78 is 9.97. The van der Waals surface area contributed by atoms with Crippen molar-refractivity contribution < 1.29 is 19.1 Å². The van der Waals surface area contributed by atoms with Gasteiger partial charge in [-0.05, 0) is 48.4 Å². The minimum Gasteiger partial charge on any atom is -0.497 e. The third kappa shape index (κ3) is 5.97. The fourth-order valence-electron chi connectivity index (χ4n) is 1.98. The van der Waals surface area contributed by atoms with Crippen molar-refractivity contribution in [2.75, 3.05) is 19.0 Å². The van der Waals surface area contributed by atoms with Gasteiger partial charge in [0.15, 0.2) is 6.61 Å². The number of methoxy groups -OCH3 is 1. The summed E-state index contributed by atoms with van der Waals surface area (Å²) in [4.78, 5) is 23.5. The number of carbonyl (C=O) groups is 2. The van der Waals surface area contributed by atoms with E-state index in [1.807, 2.05) is 6.92 Å². The van der Waals surface area contributed by atoms with E-state index in [1.165, 1.54) is 6.08 Å². The van der Waals surface area contributed by atoms with Crippen molar-refractivity contribution in [1.29, 1.82) is 0 Å². The van der Waals surface area contributed by atoms with Crippen molar-refractivity contribution in [3.8, 4) is 5.75 Å². The maximum absolute atomic E-state index is 11.9. The number of hydrogen-bond donors (Lipinski definition) is 1. The molecule has 0 atom stereocenters. The Morgan fingerprint density at radius 2 is 1.88 bits per heavy atom. The quantitative estimate of drug-likeness (QED) is 0.628. The highest BCUT2D eigenvalue weighted by molar-refractivity contribution is 6.31. The van der Waals surface area contributed by atoms with Crippen LogP contribution in [-0.2, 0) is 14.3 Å². The standard InChI is InChI=1S/C19H18ClNO4/c1-13-3-7-15(20)11-17(13)21-18(22)12-25-19(23)10-6-14-4-8-16(24-2)9-5-14/h3-11H,12H2,1-2H3,(H,21,22)/b10-6+. The van der Waals surface area contributed by atoms with Crippen LogP contribution in [0, 0.1) is 6.92 Å². The van der Waals surface area contributed by atoms with Gasteiger partial charge in [0.05, 0.1) is 7.11 Å². The number of esters is 1. The second-order valence-corrected chi connectivity index (χ2v) is 5.66. The van der Waals surface area contributed by atoms with Crippen molar-refractivity contribution >= 4 is 35.2 Å². The van der Waals surface area contributed by atoms with Crippen LogP contribution in [0.25, 0.3) is 6.08 Å². The summed E-state index contributed by atoms with van der Waals surface area (Å²) in [5.74, 6) is -0.307. The van der Waals surface area contributed by atoms with Gasteiger partial charge in [-0.25, -0.2) is 4.79 Å². The first-order chi connectivity index (χ1) is 12.0. The molecule has 0 saturated heterocycles. The smallest absolute Gasteiger partial charge is 0.331 e. The fourth-order valence-corrected chi connectivity index (χ4v) is 2.15. The van der Waals surface area contributed by atoms with E-state index in [4.69, 9.17) is 21.1 Å². The van der Waals surface area contributed by atoms with Gasteiger partial charge < -0.3 is 14.8 Å². The van der Waals surface area contributed by atoms with Crippen molar-refractivity contribution in [1.82, 2.24) is 0 Å². The zero-order chi connectivity index (χ0) is 18.2. The molecule has 6 heteroatoms. The van der Waals surface area contributed by atoms with Crippen molar-refractivity contribution in [2.45, 2.75) is 6.92 Å². The molecular weight excluding hydrogens is 342 g/mol. The first kappa shape index (κ1) is 18.5. The van der Waals surface area contributed by atoms with Gasteiger partial charge in [-0.2, -0.15) is 0 Å². The Bertz CT molecular complexity index is 785. The molecule has 0 unspecified atom stereocenters. The topological polar surface area (TPSA) is 64.6 Å². The maximum Gasteiger partial charge on any atom is 0.331 e. The van der Waals surface area contributed by atoms with E-state index in [2.05, 4.69) is 5.32 Å². The zero-order valence-corrected chi connectivity index (χ0v) is 14.7. The average Bonchev–Trinajstić information content (AvgIpc) is 2.61. The molecule has 0 spiro atoms. The Kier molecular flexibility index (Phi) is 6.60. The third-order valence-corrected chi connectivity index (χ3v) is 3.58. The zero-order valence-electron chi connectivity index (χ0n) is 13.9. The number of carbonyl (C=O) groups excluding carboxylic acids is 2. The number of aryl methyl sites for hydroxylation is 1. The number of rotatable bonds is 6. The number of ether oxygens (including phenoxy) is 2. The van der Waals surface area contributed by atoms with Crippen molar-refractivity contribution in [3.63, 3.8) is 0 Å². The van der Waals surface area contributed by atoms with E-state index in [1.54, 1.807) is 55.7 Å². The van der Waals surface area contributed by atoms with E-state index in [-0.39, 0.29) is 6.61 Å². The molecule has 1 N–H and O–H groups in total. The number of nitrogens with one attached hydrogen (secondary N) is 1. The lowest BCUT2D eigenvalue weighted by Gasteiger charge is -2.08. The molecule has 2 aromatic carbocycles. The van der Waals surface area contributed by atoms with Crippen LogP contribution in [0.4, 0.5) is 5.69 Å². The molecule has 25 heavy (non-hydrogen) atoms. The number of halogens is 1. The number of benzene rings is 2. The highest BCUT2D eigenvalue weighted by Crippen LogP contribution is 2.20. The molecule has 0 aliphatic rings. The molecule has 5 nitrogen and oxygen atoms in total. The molecule has 2 aromatic rings. The molecule has 130 valence electrons. The van der Waals surface area contributed by atoms with Crippen molar-refractivity contribution in [2.24, 2.45) is 0 Å². The minimum absolute atomic E-state index is 0.377. The maximum atomic E-state index is 11.9. The molecule has 0 aromatic heterocycles. The number of amides is 1. The molecule has 0 saturated carbocycles. The Balaban J connectivity index is 1.83. The van der Waals surface area contributed by atoms with E-state index >= 15 is 0 Å². The van der Waals surface area contributed by atoms with Gasteiger partial charge in [0.2, 0.25) is 0 Å². The molecule has 0 fully saturated rings. The first-order valence-electron chi connectivity index (χ1n) is 7.53. The second kappa shape index (κ2) is 8.89. The summed E-state index contributed by atoms with van der Waals surface area (Å²) in [5, 5.41) is 3.17. The summed E-state index contributed by atoms with van der Waals surface area (Å²) in [7, 11) is 1.58. The Labute approximate surface area is 151 Å². The van der Waals surface area contributed by atoms with Gasteiger partial charge >= 0.3 is 5.97 Å². The third-order valence-electron chi connectivity index (χ3n) is 3.35. The summed E-state index contributed by atoms with van der Waals surface area (Å²) in [6.07, 6.45) is 2.86. The van der Waals surface area contributed by atoms with Crippen LogP contribution >= 0.6 is 11.6 Å². The van der Waals surface area contributed by atoms with Gasteiger partial charge in [0, 0.05) is 16.8 Å². The van der Waals surface area contributed by atoms with Gasteiger partial charge in [-0.3, -0.25) is 4.79 Å². The average molecular weight is 360 g/mol. The molecule has 0 heterocycles. The second-order valence-electron chi connectivity index (χ2n) is 5.22. The fraction of sp³-hybridized carbons (Fsp3) is 0.158. The highest BCUT2D eigenvalue weighted by atomic mass is 35.5. The summed E-state index contributed by atoms with van der Waals surface area (Å²) in [6, 6.07) is 12.3. The Morgan fingerprint density at radius 3 is 2.56 bits per heavy atom. The minimum atomic E-state index is -0.603. The number of anilines is 1.